The lowest BCUT2D eigenvalue weighted by Gasteiger charge is -2.12. The third-order valence-electron chi connectivity index (χ3n) is 3.00. The predicted octanol–water partition coefficient (Wildman–Crippen LogP) is 3.35. The van der Waals surface area contributed by atoms with Gasteiger partial charge in [-0.05, 0) is 12.1 Å². The number of aliphatic imine (C=N–C) groups is 1. The number of aromatic nitrogens is 2. The highest BCUT2D eigenvalue weighted by molar-refractivity contribution is 14.0. The van der Waals surface area contributed by atoms with Crippen LogP contribution in [0.1, 0.15) is 12.4 Å². The minimum absolute atomic E-state index is 0. The normalized spacial score (nSPS) is 11.2. The Balaban J connectivity index is 0.00000288. The van der Waals surface area contributed by atoms with Crippen molar-refractivity contribution in [1.29, 1.82) is 0 Å². The molecule has 0 bridgehead atoms. The van der Waals surface area contributed by atoms with Gasteiger partial charge < -0.3 is 10.6 Å². The van der Waals surface area contributed by atoms with Crippen LogP contribution < -0.4 is 10.6 Å². The zero-order chi connectivity index (χ0) is 16.5. The van der Waals surface area contributed by atoms with Crippen molar-refractivity contribution in [3.05, 3.63) is 48.5 Å². The summed E-state index contributed by atoms with van der Waals surface area (Å²) < 4.78 is 26.3. The van der Waals surface area contributed by atoms with E-state index in [1.54, 1.807) is 18.8 Å². The molecule has 5 nitrogen and oxygen atoms in total. The van der Waals surface area contributed by atoms with E-state index in [2.05, 4.69) is 32.7 Å². The highest BCUT2D eigenvalue weighted by Gasteiger charge is 2.11. The second-order valence-corrected chi connectivity index (χ2v) is 5.71. The van der Waals surface area contributed by atoms with Gasteiger partial charge in [-0.15, -0.1) is 35.7 Å². The molecule has 0 aliphatic rings. The van der Waals surface area contributed by atoms with Crippen LogP contribution in [0.5, 0.6) is 0 Å². The second kappa shape index (κ2) is 11.2. The molecule has 0 atom stereocenters. The topological polar surface area (TPSA) is 54.2 Å². The van der Waals surface area contributed by atoms with Gasteiger partial charge in [0.1, 0.15) is 5.82 Å². The van der Waals surface area contributed by atoms with Gasteiger partial charge in [0.15, 0.2) is 5.96 Å². The van der Waals surface area contributed by atoms with E-state index in [0.717, 1.165) is 10.3 Å². The van der Waals surface area contributed by atoms with Crippen molar-refractivity contribution in [2.75, 3.05) is 19.3 Å². The Hall–Kier alpha value is -1.36. The lowest BCUT2D eigenvalue weighted by molar-refractivity contribution is 0.0668. The molecule has 0 saturated heterocycles. The first-order valence-corrected chi connectivity index (χ1v) is 8.11. The maximum atomic E-state index is 12.7. The maximum absolute atomic E-state index is 12.7. The van der Waals surface area contributed by atoms with E-state index >= 15 is 0 Å². The minimum atomic E-state index is -2.59. The smallest absolute Gasteiger partial charge is 0.319 e. The summed E-state index contributed by atoms with van der Waals surface area (Å²) in [4.78, 5) is 9.19. The highest BCUT2D eigenvalue weighted by Crippen LogP contribution is 2.15. The zero-order valence-corrected chi connectivity index (χ0v) is 16.3. The Bertz CT molecular complexity index is 621. The number of alkyl halides is 2. The predicted molar refractivity (Wildman–Crippen MR) is 104 cm³/mol. The van der Waals surface area contributed by atoms with E-state index in [0.29, 0.717) is 12.5 Å². The first-order chi connectivity index (χ1) is 11.2. The summed E-state index contributed by atoms with van der Waals surface area (Å²) >= 11 is 1.73. The monoisotopic (exact) mass is 467 g/mol. The van der Waals surface area contributed by atoms with Crippen molar-refractivity contribution in [2.24, 2.45) is 4.99 Å². The molecule has 0 unspecified atom stereocenters. The van der Waals surface area contributed by atoms with E-state index in [-0.39, 0.29) is 36.3 Å². The number of halogens is 3. The van der Waals surface area contributed by atoms with Gasteiger partial charge in [-0.1, -0.05) is 18.2 Å². The van der Waals surface area contributed by atoms with Crippen molar-refractivity contribution in [2.45, 2.75) is 18.0 Å². The van der Waals surface area contributed by atoms with Crippen LogP contribution in [0.2, 0.25) is 0 Å². The van der Waals surface area contributed by atoms with Gasteiger partial charge >= 0.3 is 6.55 Å². The first kappa shape index (κ1) is 20.7. The summed E-state index contributed by atoms with van der Waals surface area (Å²) in [7, 11) is 1.64. The quantitative estimate of drug-likeness (QED) is 0.216. The van der Waals surface area contributed by atoms with Gasteiger partial charge in [0.2, 0.25) is 0 Å². The molecule has 2 aromatic rings. The molecule has 9 heteroatoms. The fourth-order valence-corrected chi connectivity index (χ4v) is 2.69. The molecule has 1 aromatic carbocycles. The number of nitrogens with zero attached hydrogens (tertiary/aromatic N) is 3. The number of hydrogen-bond acceptors (Lipinski definition) is 3. The van der Waals surface area contributed by atoms with E-state index in [1.165, 1.54) is 17.3 Å². The number of thioether (sulfide) groups is 1. The second-order valence-electron chi connectivity index (χ2n) is 4.54. The van der Waals surface area contributed by atoms with E-state index in [4.69, 9.17) is 0 Å². The molecule has 0 radical (unpaired) electrons. The molecular weight excluding hydrogens is 447 g/mol. The van der Waals surface area contributed by atoms with Crippen LogP contribution in [0.25, 0.3) is 0 Å². The summed E-state index contributed by atoms with van der Waals surface area (Å²) in [6.07, 6.45) is 2.62. The number of guanidine groups is 1. The van der Waals surface area contributed by atoms with Gasteiger partial charge in [-0.25, -0.2) is 4.98 Å². The summed E-state index contributed by atoms with van der Waals surface area (Å²) in [5.41, 5.74) is 0. The van der Waals surface area contributed by atoms with Crippen molar-refractivity contribution in [1.82, 2.24) is 20.2 Å². The first-order valence-electron chi connectivity index (χ1n) is 7.13. The maximum Gasteiger partial charge on any atom is 0.319 e. The van der Waals surface area contributed by atoms with Gasteiger partial charge in [0, 0.05) is 36.6 Å². The molecule has 0 amide bonds. The van der Waals surface area contributed by atoms with E-state index < -0.39 is 6.55 Å². The Morgan fingerprint density at radius 3 is 2.71 bits per heavy atom. The molecule has 24 heavy (non-hydrogen) atoms. The van der Waals surface area contributed by atoms with Gasteiger partial charge in [-0.3, -0.25) is 9.56 Å². The summed E-state index contributed by atoms with van der Waals surface area (Å²) in [6, 6.07) is 10.1. The van der Waals surface area contributed by atoms with Gasteiger partial charge in [0.05, 0.1) is 6.54 Å². The molecule has 132 valence electrons. The molecule has 1 heterocycles. The Morgan fingerprint density at radius 1 is 1.29 bits per heavy atom. The zero-order valence-electron chi connectivity index (χ0n) is 13.2. The number of benzene rings is 1. The molecule has 2 rings (SSSR count). The molecule has 0 fully saturated rings. The minimum Gasteiger partial charge on any atom is -0.356 e. The summed E-state index contributed by atoms with van der Waals surface area (Å²) in [5, 5.41) is 6.12. The Morgan fingerprint density at radius 2 is 2.04 bits per heavy atom. The van der Waals surface area contributed by atoms with Crippen LogP contribution in [0.4, 0.5) is 8.78 Å². The molecule has 2 N–H and O–H groups in total. The van der Waals surface area contributed by atoms with Crippen LogP contribution in [0, 0.1) is 0 Å². The van der Waals surface area contributed by atoms with Crippen LogP contribution >= 0.6 is 35.7 Å². The van der Waals surface area contributed by atoms with Crippen LogP contribution in [0.15, 0.2) is 52.6 Å². The number of hydrogen-bond donors (Lipinski definition) is 2. The molecule has 0 saturated carbocycles. The van der Waals surface area contributed by atoms with Crippen LogP contribution in [0.3, 0.4) is 0 Å². The summed E-state index contributed by atoms with van der Waals surface area (Å²) in [5.74, 6) is 1.69. The van der Waals surface area contributed by atoms with E-state index in [9.17, 15) is 8.78 Å². The lowest BCUT2D eigenvalue weighted by atomic mass is 10.4. The standard InChI is InChI=1S/C15H19F2N5S.HI/c1-18-15(20-8-10-23-12-5-3-2-4-6-12)21-11-13-19-7-9-22(13)14(16)17;/h2-7,9,14H,8,10-11H2,1H3,(H2,18,20,21);1H. The number of nitrogens with one attached hydrogen (secondary N) is 2. The molecule has 0 aliphatic carbocycles. The van der Waals surface area contributed by atoms with Crippen molar-refractivity contribution in [3.63, 3.8) is 0 Å². The van der Waals surface area contributed by atoms with Gasteiger partial charge in [0.25, 0.3) is 0 Å². The fourth-order valence-electron chi connectivity index (χ4n) is 1.90. The van der Waals surface area contributed by atoms with Crippen LogP contribution in [-0.4, -0.2) is 34.9 Å². The van der Waals surface area contributed by atoms with Crippen LogP contribution in [-0.2, 0) is 6.54 Å². The SMILES string of the molecule is CN=C(NCCSc1ccccc1)NCc1nccn1C(F)F.I. The average molecular weight is 467 g/mol. The Labute approximate surface area is 161 Å². The Kier molecular flexibility index (Phi) is 9.69. The number of imidazole rings is 1. The highest BCUT2D eigenvalue weighted by atomic mass is 127. The molecule has 1 aromatic heterocycles. The average Bonchev–Trinajstić information content (AvgIpc) is 3.04. The van der Waals surface area contributed by atoms with Crippen molar-refractivity contribution < 1.29 is 8.78 Å². The molecule has 0 spiro atoms. The van der Waals surface area contributed by atoms with E-state index in [1.807, 2.05) is 18.2 Å². The van der Waals surface area contributed by atoms with Crippen molar-refractivity contribution in [3.8, 4) is 0 Å². The lowest BCUT2D eigenvalue weighted by Crippen LogP contribution is -2.38. The molecule has 0 aliphatic heterocycles. The third-order valence-corrected chi connectivity index (χ3v) is 4.02. The fraction of sp³-hybridized carbons (Fsp3) is 0.333. The summed E-state index contributed by atoms with van der Waals surface area (Å²) in [6.45, 7) is -1.70. The largest absolute Gasteiger partial charge is 0.356 e. The number of rotatable bonds is 7. The molecular formula is C15H20F2IN5S. The third kappa shape index (κ3) is 6.63. The van der Waals surface area contributed by atoms with Crippen molar-refractivity contribution >= 4 is 41.7 Å². The van der Waals surface area contributed by atoms with Gasteiger partial charge in [-0.2, -0.15) is 8.78 Å².